The topological polar surface area (TPSA) is 159 Å². The third-order valence-electron chi connectivity index (χ3n) is 8.44. The minimum atomic E-state index is -5.08. The molecule has 0 aliphatic carbocycles. The van der Waals surface area contributed by atoms with E-state index in [-0.39, 0.29) is 30.6 Å². The maximum absolute atomic E-state index is 14.5. The molecule has 0 aromatic heterocycles. The lowest BCUT2D eigenvalue weighted by molar-refractivity contribution is -0.192. The Labute approximate surface area is 287 Å². The number of hydrogen-bond acceptors (Lipinski definition) is 7. The van der Waals surface area contributed by atoms with Crippen molar-refractivity contribution >= 4 is 33.5 Å². The number of sulfonamides is 1. The zero-order valence-electron chi connectivity index (χ0n) is 27.3. The van der Waals surface area contributed by atoms with Crippen molar-refractivity contribution in [3.63, 3.8) is 0 Å². The van der Waals surface area contributed by atoms with Crippen LogP contribution in [0, 0.1) is 5.82 Å². The number of alkyl halides is 3. The molecule has 4 N–H and O–H groups in total. The van der Waals surface area contributed by atoms with Gasteiger partial charge in [0.15, 0.2) is 0 Å². The second-order valence-corrected chi connectivity index (χ2v) is 14.5. The van der Waals surface area contributed by atoms with Crippen LogP contribution < -0.4 is 15.4 Å². The maximum Gasteiger partial charge on any atom is 0.490 e. The Bertz CT molecular complexity index is 1780. The average Bonchev–Trinajstić information content (AvgIpc) is 3.38. The predicted molar refractivity (Wildman–Crippen MR) is 175 cm³/mol. The van der Waals surface area contributed by atoms with Crippen LogP contribution in [0.3, 0.4) is 0 Å². The lowest BCUT2D eigenvalue weighted by atomic mass is 9.74. The number of anilines is 1. The number of ether oxygens (including phenoxy) is 1. The molecule has 1 saturated heterocycles. The van der Waals surface area contributed by atoms with E-state index >= 15 is 0 Å². The molecule has 0 bridgehead atoms. The van der Waals surface area contributed by atoms with Gasteiger partial charge in [0.05, 0.1) is 29.3 Å². The van der Waals surface area contributed by atoms with Gasteiger partial charge < -0.3 is 25.8 Å². The van der Waals surface area contributed by atoms with E-state index in [9.17, 15) is 35.6 Å². The summed E-state index contributed by atoms with van der Waals surface area (Å²) in [6.07, 6.45) is -4.24. The number of amides is 2. The fourth-order valence-electron chi connectivity index (χ4n) is 5.72. The normalized spacial score (nSPS) is 16.2. The molecule has 11 nitrogen and oxygen atoms in total. The van der Waals surface area contributed by atoms with Crippen LogP contribution >= 0.6 is 0 Å². The summed E-state index contributed by atoms with van der Waals surface area (Å²) >= 11 is 0. The minimum absolute atomic E-state index is 0.0473. The number of benzene rings is 3. The van der Waals surface area contributed by atoms with Gasteiger partial charge in [-0.3, -0.25) is 13.9 Å². The predicted octanol–water partition coefficient (Wildman–Crippen LogP) is 3.97. The Balaban J connectivity index is 0.000000727. The highest BCUT2D eigenvalue weighted by atomic mass is 32.2. The first kappa shape index (κ1) is 38.3. The highest BCUT2D eigenvalue weighted by Crippen LogP contribution is 2.49. The van der Waals surface area contributed by atoms with E-state index in [4.69, 9.17) is 20.4 Å². The van der Waals surface area contributed by atoms with Gasteiger partial charge in [-0.25, -0.2) is 17.6 Å². The van der Waals surface area contributed by atoms with Gasteiger partial charge in [0.2, 0.25) is 11.8 Å². The molecule has 0 saturated carbocycles. The van der Waals surface area contributed by atoms with E-state index in [0.29, 0.717) is 37.2 Å². The first-order chi connectivity index (χ1) is 23.3. The maximum atomic E-state index is 14.5. The summed E-state index contributed by atoms with van der Waals surface area (Å²) in [6, 6.07) is 20.9. The van der Waals surface area contributed by atoms with E-state index in [2.05, 4.69) is 5.32 Å². The minimum Gasteiger partial charge on any atom is -0.475 e. The lowest BCUT2D eigenvalue weighted by Gasteiger charge is -2.41. The van der Waals surface area contributed by atoms with Gasteiger partial charge in [0, 0.05) is 25.0 Å². The van der Waals surface area contributed by atoms with Crippen LogP contribution in [-0.4, -0.2) is 80.2 Å². The molecule has 270 valence electrons. The van der Waals surface area contributed by atoms with Crippen molar-refractivity contribution < 1.29 is 50.2 Å². The number of aliphatic carboxylic acids is 1. The summed E-state index contributed by atoms with van der Waals surface area (Å²) in [4.78, 5) is 37.2. The number of carboxylic acid groups (broad SMARTS) is 1. The number of fused-ring (bicyclic) bond motifs is 2. The Morgan fingerprint density at radius 3 is 2.08 bits per heavy atom. The van der Waals surface area contributed by atoms with Crippen molar-refractivity contribution in [1.82, 2.24) is 10.2 Å². The number of nitrogens with one attached hydrogen (secondary N) is 1. The van der Waals surface area contributed by atoms with Crippen molar-refractivity contribution in [2.75, 3.05) is 30.5 Å². The highest BCUT2D eigenvalue weighted by Gasteiger charge is 2.49. The highest BCUT2D eigenvalue weighted by molar-refractivity contribution is 7.92. The first-order valence-corrected chi connectivity index (χ1v) is 17.0. The summed E-state index contributed by atoms with van der Waals surface area (Å²) in [5.41, 5.74) is 6.13. The second kappa shape index (κ2) is 15.1. The Morgan fingerprint density at radius 1 is 0.980 bits per heavy atom. The van der Waals surface area contributed by atoms with Crippen molar-refractivity contribution in [2.45, 2.75) is 61.4 Å². The molecule has 2 amide bonds. The van der Waals surface area contributed by atoms with E-state index in [0.717, 1.165) is 5.56 Å². The SMILES string of the molecule is CC(C)(N)C(=O)NC(COCc1ccccc1)C(=O)N1CCC2(CC1)CN(S(=O)(=O)c1ccccc1)c1ccc(F)cc12.O=C(O)C(F)(F)F. The van der Waals surface area contributed by atoms with Gasteiger partial charge in [-0.2, -0.15) is 13.2 Å². The summed E-state index contributed by atoms with van der Waals surface area (Å²) in [6.45, 7) is 4.08. The molecule has 1 atom stereocenters. The van der Waals surface area contributed by atoms with Crippen LogP contribution in [0.15, 0.2) is 83.8 Å². The van der Waals surface area contributed by atoms with Crippen LogP contribution in [-0.2, 0) is 41.2 Å². The summed E-state index contributed by atoms with van der Waals surface area (Å²) < 4.78 is 80.8. The number of nitrogens with two attached hydrogens (primary N) is 1. The van der Waals surface area contributed by atoms with E-state index < -0.39 is 50.9 Å². The van der Waals surface area contributed by atoms with Gasteiger partial charge >= 0.3 is 12.1 Å². The molecule has 3 aromatic rings. The smallest absolute Gasteiger partial charge is 0.475 e. The molecule has 50 heavy (non-hydrogen) atoms. The molecule has 0 radical (unpaired) electrons. The summed E-state index contributed by atoms with van der Waals surface area (Å²) in [5.74, 6) is -4.00. The van der Waals surface area contributed by atoms with Gasteiger partial charge in [-0.05, 0) is 68.1 Å². The number of likely N-dealkylation sites (tertiary alicyclic amines) is 1. The van der Waals surface area contributed by atoms with Crippen LogP contribution in [0.25, 0.3) is 0 Å². The summed E-state index contributed by atoms with van der Waals surface area (Å²) in [7, 11) is -3.89. The third kappa shape index (κ3) is 8.97. The van der Waals surface area contributed by atoms with Crippen LogP contribution in [0.5, 0.6) is 0 Å². The molecule has 2 aliphatic heterocycles. The van der Waals surface area contributed by atoms with Gasteiger partial charge in [0.25, 0.3) is 10.0 Å². The van der Waals surface area contributed by atoms with E-state index in [1.807, 2.05) is 30.3 Å². The molecule has 3 aromatic carbocycles. The van der Waals surface area contributed by atoms with Crippen LogP contribution in [0.4, 0.5) is 23.2 Å². The number of rotatable bonds is 9. The number of carboxylic acids is 1. The second-order valence-electron chi connectivity index (χ2n) is 12.6. The molecule has 1 fully saturated rings. The molecule has 2 heterocycles. The number of carbonyl (C=O) groups is 3. The largest absolute Gasteiger partial charge is 0.490 e. The quantitative estimate of drug-likeness (QED) is 0.280. The zero-order valence-corrected chi connectivity index (χ0v) is 28.1. The fourth-order valence-corrected chi connectivity index (χ4v) is 7.31. The van der Waals surface area contributed by atoms with Crippen LogP contribution in [0.2, 0.25) is 0 Å². The number of carbonyl (C=O) groups excluding carboxylic acids is 2. The molecule has 5 rings (SSSR count). The summed E-state index contributed by atoms with van der Waals surface area (Å²) in [5, 5.41) is 9.88. The van der Waals surface area contributed by atoms with E-state index in [1.165, 1.54) is 22.5 Å². The Kier molecular flexibility index (Phi) is 11.6. The van der Waals surface area contributed by atoms with Crippen molar-refractivity contribution in [1.29, 1.82) is 0 Å². The van der Waals surface area contributed by atoms with Gasteiger partial charge in [-0.15, -0.1) is 0 Å². The number of nitrogens with zero attached hydrogens (tertiary/aromatic N) is 2. The third-order valence-corrected chi connectivity index (χ3v) is 10.2. The molecule has 1 unspecified atom stereocenters. The number of halogens is 4. The number of hydrogen-bond donors (Lipinski definition) is 3. The van der Waals surface area contributed by atoms with Crippen molar-refractivity contribution in [2.24, 2.45) is 5.73 Å². The monoisotopic (exact) mass is 722 g/mol. The van der Waals surface area contributed by atoms with Gasteiger partial charge in [-0.1, -0.05) is 48.5 Å². The molecule has 1 spiro atoms. The van der Waals surface area contributed by atoms with Crippen LogP contribution in [0.1, 0.15) is 37.8 Å². The van der Waals surface area contributed by atoms with Crippen molar-refractivity contribution in [3.8, 4) is 0 Å². The Hall–Kier alpha value is -4.54. The molecule has 2 aliphatic rings. The number of piperidine rings is 1. The van der Waals surface area contributed by atoms with Gasteiger partial charge in [0.1, 0.15) is 11.9 Å². The van der Waals surface area contributed by atoms with Crippen molar-refractivity contribution in [3.05, 3.63) is 95.8 Å². The first-order valence-electron chi connectivity index (χ1n) is 15.5. The lowest BCUT2D eigenvalue weighted by Crippen LogP contribution is -2.59. The average molecular weight is 723 g/mol. The fraction of sp³-hybridized carbons (Fsp3) is 0.382. The van der Waals surface area contributed by atoms with E-state index in [1.54, 1.807) is 49.1 Å². The Morgan fingerprint density at radius 2 is 1.54 bits per heavy atom. The standard InChI is InChI=1S/C32H37FN4O5S.C2HF3O2/c1-31(2,34)30(39)35-27(21-42-20-23-9-5-3-6-10-23)29(38)36-17-15-32(16-18-36)22-37(28-14-13-24(33)19-26(28)32)43(40,41)25-11-7-4-8-12-25;3-2(4,5)1(6)7/h3-14,19,27H,15-18,20-22,34H2,1-2H3,(H,35,39);(H,6,7). The zero-order chi connectivity index (χ0) is 36.9. The molecule has 16 heteroatoms. The molecular weight excluding hydrogens is 684 g/mol. The molecular formula is C34H38F4N4O7S.